The Morgan fingerprint density at radius 1 is 1.03 bits per heavy atom. The maximum atomic E-state index is 13.9. The Morgan fingerprint density at radius 3 is 2.52 bits per heavy atom. The quantitative estimate of drug-likeness (QED) is 0.468. The predicted octanol–water partition coefficient (Wildman–Crippen LogP) is 5.90. The van der Waals surface area contributed by atoms with Gasteiger partial charge in [-0.25, -0.2) is 4.39 Å². The Hall–Kier alpha value is -2.51. The zero-order valence-corrected chi connectivity index (χ0v) is 17.7. The minimum Gasteiger partial charge on any atom is -0.486 e. The zero-order valence-electron chi connectivity index (χ0n) is 15.3. The predicted molar refractivity (Wildman–Crippen MR) is 115 cm³/mol. The van der Waals surface area contributed by atoms with Crippen LogP contribution in [0.25, 0.3) is 0 Å². The van der Waals surface area contributed by atoms with Crippen molar-refractivity contribution in [2.45, 2.75) is 10.6 Å². The molecule has 0 aliphatic carbocycles. The van der Waals surface area contributed by atoms with Crippen molar-refractivity contribution in [3.63, 3.8) is 0 Å². The molecule has 7 heteroatoms. The summed E-state index contributed by atoms with van der Waals surface area (Å²) in [5.41, 5.74) is 1.71. The lowest BCUT2D eigenvalue weighted by Crippen LogP contribution is -2.17. The summed E-state index contributed by atoms with van der Waals surface area (Å²) in [6.07, 6.45) is 0. The summed E-state index contributed by atoms with van der Waals surface area (Å²) in [5, 5.41) is 2.92. The average molecular weight is 474 g/mol. The number of carbonyl (C=O) groups excluding carboxylic acids is 1. The van der Waals surface area contributed by atoms with Gasteiger partial charge in [0, 0.05) is 27.3 Å². The molecule has 0 atom stereocenters. The van der Waals surface area contributed by atoms with Gasteiger partial charge in [0.1, 0.15) is 19.0 Å². The fraction of sp³-hybridized carbons (Fsp3) is 0.136. The fourth-order valence-corrected chi connectivity index (χ4v) is 4.36. The number of hydrogen-bond acceptors (Lipinski definition) is 4. The van der Waals surface area contributed by atoms with E-state index in [0.717, 1.165) is 4.90 Å². The fourth-order valence-electron chi connectivity index (χ4n) is 2.90. The highest BCUT2D eigenvalue weighted by Crippen LogP contribution is 2.38. The van der Waals surface area contributed by atoms with Crippen LogP contribution in [-0.2, 0) is 5.75 Å². The summed E-state index contributed by atoms with van der Waals surface area (Å²) in [4.78, 5) is 13.7. The van der Waals surface area contributed by atoms with Gasteiger partial charge >= 0.3 is 0 Å². The molecular formula is C22H17BrFNO3S. The molecule has 3 aromatic rings. The number of anilines is 1. The molecule has 1 aliphatic rings. The van der Waals surface area contributed by atoms with Crippen molar-refractivity contribution in [3.05, 3.63) is 82.1 Å². The van der Waals surface area contributed by atoms with Crippen molar-refractivity contribution in [1.82, 2.24) is 0 Å². The maximum Gasteiger partial charge on any atom is 0.256 e. The van der Waals surface area contributed by atoms with E-state index in [-0.39, 0.29) is 11.7 Å². The van der Waals surface area contributed by atoms with Crippen LogP contribution in [0, 0.1) is 5.82 Å². The second-order valence-electron chi connectivity index (χ2n) is 6.31. The first-order valence-corrected chi connectivity index (χ1v) is 10.8. The molecule has 0 unspecified atom stereocenters. The first kappa shape index (κ1) is 19.8. The third-order valence-corrected chi connectivity index (χ3v) is 6.13. The molecule has 0 aromatic heterocycles. The van der Waals surface area contributed by atoms with Crippen molar-refractivity contribution in [2.24, 2.45) is 0 Å². The minimum atomic E-state index is -0.251. The topological polar surface area (TPSA) is 47.6 Å². The van der Waals surface area contributed by atoms with Gasteiger partial charge in [-0.2, -0.15) is 0 Å². The first-order chi connectivity index (χ1) is 14.1. The molecule has 1 heterocycles. The van der Waals surface area contributed by atoms with Gasteiger partial charge < -0.3 is 14.8 Å². The SMILES string of the molecule is O=C(Nc1cc2c(cc1Br)OCCO2)c1ccccc1SCc1ccccc1F. The number of halogens is 2. The van der Waals surface area contributed by atoms with Gasteiger partial charge in [-0.15, -0.1) is 11.8 Å². The van der Waals surface area contributed by atoms with Crippen LogP contribution >= 0.6 is 27.7 Å². The van der Waals surface area contributed by atoms with Crippen LogP contribution < -0.4 is 14.8 Å². The first-order valence-electron chi connectivity index (χ1n) is 8.97. The summed E-state index contributed by atoms with van der Waals surface area (Å²) in [6, 6.07) is 17.5. The normalized spacial score (nSPS) is 12.5. The van der Waals surface area contributed by atoms with Crippen molar-refractivity contribution >= 4 is 39.3 Å². The standard InChI is InChI=1S/C22H17BrFNO3S/c23-16-11-19-20(28-10-9-27-19)12-18(16)25-22(26)15-6-2-4-8-21(15)29-13-14-5-1-3-7-17(14)24/h1-8,11-12H,9-10,13H2,(H,25,26). The molecule has 4 rings (SSSR count). The highest BCUT2D eigenvalue weighted by molar-refractivity contribution is 9.10. The Labute approximate surface area is 180 Å². The largest absolute Gasteiger partial charge is 0.486 e. The number of thioether (sulfide) groups is 1. The Kier molecular flexibility index (Phi) is 6.06. The summed E-state index contributed by atoms with van der Waals surface area (Å²) in [7, 11) is 0. The van der Waals surface area contributed by atoms with E-state index in [4.69, 9.17) is 9.47 Å². The lowest BCUT2D eigenvalue weighted by Gasteiger charge is -2.20. The third-order valence-electron chi connectivity index (χ3n) is 4.35. The number of hydrogen-bond donors (Lipinski definition) is 1. The maximum absolute atomic E-state index is 13.9. The molecule has 0 radical (unpaired) electrons. The highest BCUT2D eigenvalue weighted by atomic mass is 79.9. The average Bonchev–Trinajstić information content (AvgIpc) is 2.74. The van der Waals surface area contributed by atoms with E-state index in [2.05, 4.69) is 21.2 Å². The zero-order chi connectivity index (χ0) is 20.2. The Bertz CT molecular complexity index is 1060. The molecule has 0 bridgehead atoms. The summed E-state index contributed by atoms with van der Waals surface area (Å²) >= 11 is 4.89. The van der Waals surface area contributed by atoms with E-state index >= 15 is 0 Å². The molecule has 0 fully saturated rings. The second kappa shape index (κ2) is 8.88. The number of nitrogens with one attached hydrogen (secondary N) is 1. The molecule has 0 spiro atoms. The molecule has 1 amide bonds. The van der Waals surface area contributed by atoms with E-state index in [1.807, 2.05) is 12.1 Å². The molecule has 4 nitrogen and oxygen atoms in total. The van der Waals surface area contributed by atoms with Crippen LogP contribution in [0.2, 0.25) is 0 Å². The molecule has 0 saturated carbocycles. The van der Waals surface area contributed by atoms with Gasteiger partial charge in [-0.3, -0.25) is 4.79 Å². The van der Waals surface area contributed by atoms with Gasteiger partial charge in [0.25, 0.3) is 5.91 Å². The number of fused-ring (bicyclic) bond motifs is 1. The van der Waals surface area contributed by atoms with Gasteiger partial charge in [0.2, 0.25) is 0 Å². The number of ether oxygens (including phenoxy) is 2. The number of benzene rings is 3. The van der Waals surface area contributed by atoms with Crippen LogP contribution in [0.4, 0.5) is 10.1 Å². The second-order valence-corrected chi connectivity index (χ2v) is 8.18. The molecule has 0 saturated heterocycles. The number of rotatable bonds is 5. The molecule has 3 aromatic carbocycles. The third kappa shape index (κ3) is 4.57. The van der Waals surface area contributed by atoms with Gasteiger partial charge in [-0.05, 0) is 39.7 Å². The van der Waals surface area contributed by atoms with E-state index in [1.165, 1.54) is 17.8 Å². The van der Waals surface area contributed by atoms with E-state index in [1.54, 1.807) is 42.5 Å². The summed E-state index contributed by atoms with van der Waals surface area (Å²) in [5.74, 6) is 1.17. The van der Waals surface area contributed by atoms with Crippen molar-refractivity contribution in [3.8, 4) is 11.5 Å². The van der Waals surface area contributed by atoms with Crippen LogP contribution in [0.3, 0.4) is 0 Å². The van der Waals surface area contributed by atoms with Gasteiger partial charge in [0.05, 0.1) is 11.3 Å². The number of amides is 1. The monoisotopic (exact) mass is 473 g/mol. The Balaban J connectivity index is 1.53. The van der Waals surface area contributed by atoms with Crippen molar-refractivity contribution in [2.75, 3.05) is 18.5 Å². The van der Waals surface area contributed by atoms with Crippen LogP contribution in [0.15, 0.2) is 70.0 Å². The van der Waals surface area contributed by atoms with Crippen LogP contribution in [-0.4, -0.2) is 19.1 Å². The minimum absolute atomic E-state index is 0.248. The molecule has 1 N–H and O–H groups in total. The van der Waals surface area contributed by atoms with E-state index in [0.29, 0.717) is 51.8 Å². The van der Waals surface area contributed by atoms with E-state index in [9.17, 15) is 9.18 Å². The van der Waals surface area contributed by atoms with Crippen molar-refractivity contribution in [1.29, 1.82) is 0 Å². The summed E-state index contributed by atoms with van der Waals surface area (Å²) < 4.78 is 25.7. The Morgan fingerprint density at radius 2 is 1.72 bits per heavy atom. The lowest BCUT2D eigenvalue weighted by atomic mass is 10.2. The molecule has 1 aliphatic heterocycles. The van der Waals surface area contributed by atoms with Gasteiger partial charge in [0.15, 0.2) is 11.5 Å². The lowest BCUT2D eigenvalue weighted by molar-refractivity contribution is 0.102. The smallest absolute Gasteiger partial charge is 0.256 e. The van der Waals surface area contributed by atoms with Gasteiger partial charge in [-0.1, -0.05) is 30.3 Å². The molecular weight excluding hydrogens is 457 g/mol. The summed E-state index contributed by atoms with van der Waals surface area (Å²) in [6.45, 7) is 0.968. The van der Waals surface area contributed by atoms with Crippen LogP contribution in [0.5, 0.6) is 11.5 Å². The number of carbonyl (C=O) groups is 1. The molecule has 29 heavy (non-hydrogen) atoms. The highest BCUT2D eigenvalue weighted by Gasteiger charge is 2.18. The van der Waals surface area contributed by atoms with E-state index < -0.39 is 0 Å². The van der Waals surface area contributed by atoms with Crippen LogP contribution in [0.1, 0.15) is 15.9 Å². The molecule has 148 valence electrons. The van der Waals surface area contributed by atoms with Crippen molar-refractivity contribution < 1.29 is 18.7 Å².